The fourth-order valence-corrected chi connectivity index (χ4v) is 4.62. The normalized spacial score (nSPS) is 15.3. The molecule has 1 aliphatic heterocycles. The second-order valence-electron chi connectivity index (χ2n) is 8.32. The maximum absolute atomic E-state index is 13.6. The fraction of sp³-hybridized carbons (Fsp3) is 0.407. The lowest BCUT2D eigenvalue weighted by Crippen LogP contribution is -2.33. The highest BCUT2D eigenvalue weighted by molar-refractivity contribution is 5.99. The number of hydrogen-bond acceptors (Lipinski definition) is 6. The number of ether oxygens (including phenoxy) is 2. The molecule has 1 atom stereocenters. The van der Waals surface area contributed by atoms with Crippen LogP contribution >= 0.6 is 0 Å². The first-order chi connectivity index (χ1) is 16.5. The molecule has 0 N–H and O–H groups in total. The topological polar surface area (TPSA) is 72.2 Å². The van der Waals surface area contributed by atoms with Crippen LogP contribution < -0.4 is 14.9 Å². The van der Waals surface area contributed by atoms with Gasteiger partial charge in [-0.3, -0.25) is 9.59 Å². The molecular formula is C27H32N2O5. The zero-order chi connectivity index (χ0) is 24.2. The second-order valence-corrected chi connectivity index (χ2v) is 8.32. The Hall–Kier alpha value is -3.32. The Morgan fingerprint density at radius 3 is 2.35 bits per heavy atom. The van der Waals surface area contributed by atoms with Gasteiger partial charge in [-0.25, -0.2) is 0 Å². The molecule has 0 saturated carbocycles. The van der Waals surface area contributed by atoms with E-state index in [2.05, 4.69) is 18.7 Å². The lowest BCUT2D eigenvalue weighted by molar-refractivity contribution is 0.0720. The van der Waals surface area contributed by atoms with E-state index < -0.39 is 6.04 Å². The van der Waals surface area contributed by atoms with Gasteiger partial charge in [0.2, 0.25) is 5.76 Å². The van der Waals surface area contributed by atoms with E-state index in [0.29, 0.717) is 35.4 Å². The zero-order valence-corrected chi connectivity index (χ0v) is 20.3. The summed E-state index contributed by atoms with van der Waals surface area (Å²) >= 11 is 0. The average molecular weight is 465 g/mol. The molecule has 0 spiro atoms. The molecule has 1 unspecified atom stereocenters. The van der Waals surface area contributed by atoms with Crippen LogP contribution in [0.5, 0.6) is 11.5 Å². The van der Waals surface area contributed by atoms with Crippen LogP contribution in [0.25, 0.3) is 11.0 Å². The smallest absolute Gasteiger partial charge is 0.290 e. The Bertz CT molecular complexity index is 1210. The quantitative estimate of drug-likeness (QED) is 0.441. The van der Waals surface area contributed by atoms with Crippen molar-refractivity contribution in [2.75, 3.05) is 39.9 Å². The lowest BCUT2D eigenvalue weighted by atomic mass is 9.98. The summed E-state index contributed by atoms with van der Waals surface area (Å²) in [6, 6.07) is 12.2. The first-order valence-corrected chi connectivity index (χ1v) is 11.9. The number of fused-ring (bicyclic) bond motifs is 2. The summed E-state index contributed by atoms with van der Waals surface area (Å²) in [5.74, 6) is 1.19. The van der Waals surface area contributed by atoms with Crippen LogP contribution in [0.4, 0.5) is 0 Å². The summed E-state index contributed by atoms with van der Waals surface area (Å²) in [5.41, 5.74) is 1.43. The molecule has 34 heavy (non-hydrogen) atoms. The second kappa shape index (κ2) is 10.3. The van der Waals surface area contributed by atoms with E-state index >= 15 is 0 Å². The zero-order valence-electron chi connectivity index (χ0n) is 20.3. The molecule has 1 aromatic heterocycles. The Labute approximate surface area is 199 Å². The fourth-order valence-electron chi connectivity index (χ4n) is 4.62. The first kappa shape index (κ1) is 23.8. The van der Waals surface area contributed by atoms with E-state index in [1.54, 1.807) is 30.2 Å². The average Bonchev–Trinajstić information content (AvgIpc) is 3.13. The molecule has 0 aliphatic carbocycles. The van der Waals surface area contributed by atoms with Crippen molar-refractivity contribution < 1.29 is 18.7 Å². The standard InChI is InChI=1S/C27H32N2O5/c1-5-28(6-2)15-8-16-29-24(18-9-11-19(32-4)12-10-18)23-25(30)21-14-13-20(33-7-3)17-22(21)34-26(23)27(29)31/h9-14,17,24H,5-8,15-16H2,1-4H3. The third kappa shape index (κ3) is 4.40. The van der Waals surface area contributed by atoms with Crippen LogP contribution in [-0.4, -0.2) is 55.6 Å². The summed E-state index contributed by atoms with van der Waals surface area (Å²) in [7, 11) is 1.61. The maximum atomic E-state index is 13.6. The van der Waals surface area contributed by atoms with Crippen LogP contribution in [0.3, 0.4) is 0 Å². The number of amides is 1. The van der Waals surface area contributed by atoms with E-state index in [0.717, 1.165) is 37.4 Å². The van der Waals surface area contributed by atoms with Crippen LogP contribution in [-0.2, 0) is 0 Å². The predicted octanol–water partition coefficient (Wildman–Crippen LogP) is 4.48. The molecule has 4 rings (SSSR count). The number of benzene rings is 2. The molecule has 1 aliphatic rings. The van der Waals surface area contributed by atoms with Crippen molar-refractivity contribution in [1.29, 1.82) is 0 Å². The maximum Gasteiger partial charge on any atom is 0.290 e. The molecule has 2 aromatic carbocycles. The van der Waals surface area contributed by atoms with Crippen molar-refractivity contribution in [3.05, 3.63) is 69.6 Å². The predicted molar refractivity (Wildman–Crippen MR) is 132 cm³/mol. The van der Waals surface area contributed by atoms with Crippen molar-refractivity contribution in [3.8, 4) is 11.5 Å². The van der Waals surface area contributed by atoms with Crippen molar-refractivity contribution in [2.24, 2.45) is 0 Å². The number of methoxy groups -OCH3 is 1. The minimum atomic E-state index is -0.502. The Kier molecular flexibility index (Phi) is 7.22. The molecule has 7 heteroatoms. The van der Waals surface area contributed by atoms with Crippen LogP contribution in [0, 0.1) is 0 Å². The minimum absolute atomic E-state index is 0.120. The monoisotopic (exact) mass is 464 g/mol. The van der Waals surface area contributed by atoms with Crippen molar-refractivity contribution in [2.45, 2.75) is 33.2 Å². The highest BCUT2D eigenvalue weighted by Crippen LogP contribution is 2.39. The van der Waals surface area contributed by atoms with E-state index in [1.807, 2.05) is 31.2 Å². The van der Waals surface area contributed by atoms with Gasteiger partial charge >= 0.3 is 0 Å². The Balaban J connectivity index is 1.78. The molecule has 0 radical (unpaired) electrons. The van der Waals surface area contributed by atoms with Crippen LogP contribution in [0.15, 0.2) is 51.7 Å². The highest BCUT2D eigenvalue weighted by atomic mass is 16.5. The number of rotatable bonds is 10. The van der Waals surface area contributed by atoms with Crippen LogP contribution in [0.1, 0.15) is 54.9 Å². The van der Waals surface area contributed by atoms with E-state index in [1.165, 1.54) is 0 Å². The minimum Gasteiger partial charge on any atom is -0.497 e. The van der Waals surface area contributed by atoms with E-state index in [9.17, 15) is 9.59 Å². The summed E-state index contributed by atoms with van der Waals surface area (Å²) in [4.78, 5) is 31.3. The summed E-state index contributed by atoms with van der Waals surface area (Å²) in [6.45, 7) is 9.97. The summed E-state index contributed by atoms with van der Waals surface area (Å²) in [6.07, 6.45) is 0.802. The molecule has 7 nitrogen and oxygen atoms in total. The van der Waals surface area contributed by atoms with Crippen molar-refractivity contribution in [3.63, 3.8) is 0 Å². The van der Waals surface area contributed by atoms with E-state index in [-0.39, 0.29) is 17.1 Å². The molecule has 0 fully saturated rings. The summed E-state index contributed by atoms with van der Waals surface area (Å²) < 4.78 is 16.9. The van der Waals surface area contributed by atoms with Gasteiger partial charge in [0.1, 0.15) is 17.1 Å². The van der Waals surface area contributed by atoms with Gasteiger partial charge in [0, 0.05) is 12.6 Å². The SMILES string of the molecule is CCOc1ccc2c(=O)c3c(oc2c1)C(=O)N(CCCN(CC)CC)C3c1ccc(OC)cc1. The molecule has 180 valence electrons. The number of nitrogens with zero attached hydrogens (tertiary/aromatic N) is 2. The first-order valence-electron chi connectivity index (χ1n) is 11.9. The van der Waals surface area contributed by atoms with Gasteiger partial charge in [0.15, 0.2) is 5.43 Å². The van der Waals surface area contributed by atoms with Gasteiger partial charge < -0.3 is 23.7 Å². The van der Waals surface area contributed by atoms with E-state index in [4.69, 9.17) is 13.9 Å². The largest absolute Gasteiger partial charge is 0.497 e. The van der Waals surface area contributed by atoms with Crippen LogP contribution in [0.2, 0.25) is 0 Å². The van der Waals surface area contributed by atoms with Gasteiger partial charge in [-0.05, 0) is 62.8 Å². The molecule has 3 aromatic rings. The highest BCUT2D eigenvalue weighted by Gasteiger charge is 2.42. The third-order valence-corrected chi connectivity index (χ3v) is 6.45. The summed E-state index contributed by atoms with van der Waals surface area (Å²) in [5, 5.41) is 0.443. The van der Waals surface area contributed by atoms with Gasteiger partial charge in [-0.15, -0.1) is 0 Å². The Morgan fingerprint density at radius 1 is 1.00 bits per heavy atom. The number of hydrogen-bond donors (Lipinski definition) is 0. The van der Waals surface area contributed by atoms with Gasteiger partial charge in [0.05, 0.1) is 30.7 Å². The Morgan fingerprint density at radius 2 is 1.71 bits per heavy atom. The van der Waals surface area contributed by atoms with Gasteiger partial charge in [-0.2, -0.15) is 0 Å². The van der Waals surface area contributed by atoms with Gasteiger partial charge in [0.25, 0.3) is 5.91 Å². The van der Waals surface area contributed by atoms with Gasteiger partial charge in [-0.1, -0.05) is 26.0 Å². The molecule has 0 saturated heterocycles. The van der Waals surface area contributed by atoms with Crippen molar-refractivity contribution in [1.82, 2.24) is 9.80 Å². The molecule has 0 bridgehead atoms. The molecule has 1 amide bonds. The number of carbonyl (C=O) groups is 1. The third-order valence-electron chi connectivity index (χ3n) is 6.45. The lowest BCUT2D eigenvalue weighted by Gasteiger charge is -2.26. The van der Waals surface area contributed by atoms with Crippen molar-refractivity contribution >= 4 is 16.9 Å². The molecular weight excluding hydrogens is 432 g/mol. The number of carbonyl (C=O) groups excluding carboxylic acids is 1. The molecule has 2 heterocycles.